The average Bonchev–Trinajstić information content (AvgIpc) is 2.84. The highest BCUT2D eigenvalue weighted by Crippen LogP contribution is 2.12. The first-order valence-electron chi connectivity index (χ1n) is 10.5. The fourth-order valence-corrected chi connectivity index (χ4v) is 3.16. The molecular formula is C21H24N8O5S. The molecule has 0 aliphatic carbocycles. The highest BCUT2D eigenvalue weighted by molar-refractivity contribution is 7.80. The van der Waals surface area contributed by atoms with E-state index in [9.17, 15) is 24.3 Å². The van der Waals surface area contributed by atoms with Crippen molar-refractivity contribution in [1.82, 2.24) is 30.6 Å². The number of H-pyrrole nitrogens is 1. The van der Waals surface area contributed by atoms with E-state index in [2.05, 4.69) is 48.5 Å². The van der Waals surface area contributed by atoms with E-state index in [4.69, 9.17) is 5.73 Å². The van der Waals surface area contributed by atoms with Gasteiger partial charge in [0, 0.05) is 30.0 Å². The van der Waals surface area contributed by atoms with Gasteiger partial charge in [0.05, 0.1) is 18.4 Å². The van der Waals surface area contributed by atoms with Crippen molar-refractivity contribution in [2.75, 3.05) is 23.3 Å². The molecule has 1 atom stereocenters. The molecule has 0 spiro atoms. The van der Waals surface area contributed by atoms with Crippen molar-refractivity contribution in [3.63, 3.8) is 0 Å². The zero-order chi connectivity index (χ0) is 25.4. The summed E-state index contributed by atoms with van der Waals surface area (Å²) in [6, 6.07) is 5.12. The van der Waals surface area contributed by atoms with Gasteiger partial charge in [-0.3, -0.25) is 19.4 Å². The van der Waals surface area contributed by atoms with E-state index in [-0.39, 0.29) is 48.0 Å². The van der Waals surface area contributed by atoms with Crippen LogP contribution in [0.15, 0.2) is 35.3 Å². The molecular weight excluding hydrogens is 476 g/mol. The average molecular weight is 501 g/mol. The molecule has 0 fully saturated rings. The summed E-state index contributed by atoms with van der Waals surface area (Å²) in [6.45, 7) is 0.624. The van der Waals surface area contributed by atoms with E-state index in [1.807, 2.05) is 0 Å². The predicted octanol–water partition coefficient (Wildman–Crippen LogP) is -0.0834. The Morgan fingerprint density at radius 3 is 2.60 bits per heavy atom. The molecule has 0 aliphatic heterocycles. The zero-order valence-electron chi connectivity index (χ0n) is 18.4. The second-order valence-corrected chi connectivity index (χ2v) is 7.84. The lowest BCUT2D eigenvalue weighted by Crippen LogP contribution is -2.41. The topological polar surface area (TPSA) is 205 Å². The molecule has 0 aliphatic rings. The number of nitrogens with zero attached hydrogens (tertiary/aromatic N) is 3. The maximum Gasteiger partial charge on any atom is 0.326 e. The molecule has 2 amide bonds. The van der Waals surface area contributed by atoms with Gasteiger partial charge in [0.1, 0.15) is 6.04 Å². The number of nitrogens with two attached hydrogens (primary N) is 1. The number of nitrogens with one attached hydrogen (secondary N) is 4. The van der Waals surface area contributed by atoms with E-state index < -0.39 is 23.5 Å². The smallest absolute Gasteiger partial charge is 0.326 e. The fourth-order valence-electron chi connectivity index (χ4n) is 3.05. The van der Waals surface area contributed by atoms with Crippen molar-refractivity contribution in [2.45, 2.75) is 25.4 Å². The lowest BCUT2D eigenvalue weighted by Gasteiger charge is -2.15. The van der Waals surface area contributed by atoms with Crippen LogP contribution >= 0.6 is 12.6 Å². The Morgan fingerprint density at radius 1 is 1.17 bits per heavy atom. The number of hydrogen-bond donors (Lipinski definition) is 7. The lowest BCUT2D eigenvalue weighted by atomic mass is 10.1. The molecule has 2 aromatic heterocycles. The number of carbonyl (C=O) groups is 3. The van der Waals surface area contributed by atoms with Crippen molar-refractivity contribution in [1.29, 1.82) is 0 Å². The van der Waals surface area contributed by atoms with Crippen LogP contribution in [0.1, 0.15) is 28.9 Å². The molecule has 7 N–H and O–H groups in total. The minimum atomic E-state index is -1.23. The fraction of sp³-hybridized carbons (Fsp3) is 0.286. The number of thiol groups is 1. The monoisotopic (exact) mass is 500 g/mol. The van der Waals surface area contributed by atoms with E-state index >= 15 is 0 Å². The first kappa shape index (κ1) is 25.4. The van der Waals surface area contributed by atoms with Crippen LogP contribution in [0.5, 0.6) is 0 Å². The van der Waals surface area contributed by atoms with Gasteiger partial charge in [0.15, 0.2) is 11.2 Å². The van der Waals surface area contributed by atoms with E-state index in [1.54, 1.807) is 12.1 Å². The second-order valence-electron chi connectivity index (χ2n) is 7.39. The van der Waals surface area contributed by atoms with Gasteiger partial charge < -0.3 is 26.8 Å². The summed E-state index contributed by atoms with van der Waals surface area (Å²) < 4.78 is 0. The maximum absolute atomic E-state index is 12.5. The molecule has 13 nitrogen and oxygen atoms in total. The largest absolute Gasteiger partial charge is 0.480 e. The Hall–Kier alpha value is -4.20. The van der Waals surface area contributed by atoms with Crippen LogP contribution in [-0.2, 0) is 16.1 Å². The van der Waals surface area contributed by atoms with Gasteiger partial charge in [-0.2, -0.15) is 17.6 Å². The number of rotatable bonds is 11. The molecule has 0 bridgehead atoms. The van der Waals surface area contributed by atoms with Gasteiger partial charge in [0.2, 0.25) is 11.9 Å². The van der Waals surface area contributed by atoms with E-state index in [0.29, 0.717) is 23.7 Å². The van der Waals surface area contributed by atoms with Gasteiger partial charge in [0.25, 0.3) is 11.5 Å². The van der Waals surface area contributed by atoms with Crippen LogP contribution in [0, 0.1) is 0 Å². The van der Waals surface area contributed by atoms with Crippen molar-refractivity contribution in [3.8, 4) is 0 Å². The van der Waals surface area contributed by atoms with Crippen molar-refractivity contribution in [3.05, 3.63) is 52.1 Å². The molecule has 35 heavy (non-hydrogen) atoms. The van der Waals surface area contributed by atoms with Crippen molar-refractivity contribution < 1.29 is 19.5 Å². The first-order valence-corrected chi connectivity index (χ1v) is 11.2. The maximum atomic E-state index is 12.5. The third-order valence-electron chi connectivity index (χ3n) is 4.80. The minimum Gasteiger partial charge on any atom is -0.480 e. The van der Waals surface area contributed by atoms with Crippen molar-refractivity contribution >= 4 is 53.2 Å². The van der Waals surface area contributed by atoms with Crippen molar-refractivity contribution in [2.24, 2.45) is 0 Å². The number of carbonyl (C=O) groups excluding carboxylic acids is 2. The molecule has 0 unspecified atom stereocenters. The molecule has 0 radical (unpaired) electrons. The Kier molecular flexibility index (Phi) is 8.56. The van der Waals surface area contributed by atoms with Crippen LogP contribution in [0.3, 0.4) is 0 Å². The third kappa shape index (κ3) is 7.14. The molecule has 0 saturated carbocycles. The first-order chi connectivity index (χ1) is 16.8. The predicted molar refractivity (Wildman–Crippen MR) is 131 cm³/mol. The molecule has 3 aromatic rings. The number of anilines is 2. The molecule has 3 rings (SSSR count). The Balaban J connectivity index is 1.57. The summed E-state index contributed by atoms with van der Waals surface area (Å²) in [4.78, 5) is 62.2. The van der Waals surface area contributed by atoms with Gasteiger partial charge in [-0.25, -0.2) is 14.8 Å². The number of aromatic amines is 1. The number of hydrogen-bond acceptors (Lipinski definition) is 10. The minimum absolute atomic E-state index is 0.0408. The highest BCUT2D eigenvalue weighted by atomic mass is 32.1. The van der Waals surface area contributed by atoms with Crippen LogP contribution in [-0.4, -0.2) is 61.2 Å². The lowest BCUT2D eigenvalue weighted by molar-refractivity contribution is -0.139. The normalized spacial score (nSPS) is 11.6. The zero-order valence-corrected chi connectivity index (χ0v) is 19.3. The Bertz CT molecular complexity index is 1280. The second kappa shape index (κ2) is 11.8. The van der Waals surface area contributed by atoms with E-state index in [0.717, 1.165) is 0 Å². The summed E-state index contributed by atoms with van der Waals surface area (Å²) in [6.07, 6.45) is 1.38. The van der Waals surface area contributed by atoms with Gasteiger partial charge >= 0.3 is 5.97 Å². The molecule has 1 aromatic carbocycles. The molecule has 184 valence electrons. The quantitative estimate of drug-likeness (QED) is 0.174. The van der Waals surface area contributed by atoms with Gasteiger partial charge in [-0.1, -0.05) is 0 Å². The Morgan fingerprint density at radius 2 is 1.91 bits per heavy atom. The summed E-state index contributed by atoms with van der Waals surface area (Å²) in [5.74, 6) is -1.69. The number of carboxylic acid groups (broad SMARTS) is 1. The summed E-state index contributed by atoms with van der Waals surface area (Å²) in [5, 5.41) is 17.5. The molecule has 2 heterocycles. The number of fused-ring (bicyclic) bond motifs is 1. The number of amides is 2. The number of benzene rings is 1. The van der Waals surface area contributed by atoms with Gasteiger partial charge in [-0.05, 0) is 30.7 Å². The number of carboxylic acids is 1. The van der Waals surface area contributed by atoms with Crippen LogP contribution in [0.4, 0.5) is 11.6 Å². The van der Waals surface area contributed by atoms with Gasteiger partial charge in [-0.15, -0.1) is 0 Å². The SMILES string of the molecule is Nc1nc2ncc(CNc3ccc(C(=O)N[C@H](CCC(=O)NCCS)C(=O)O)cc3)nc2c(=O)[nH]1. The summed E-state index contributed by atoms with van der Waals surface area (Å²) in [5.41, 5.74) is 6.60. The number of nitrogen functional groups attached to an aromatic ring is 1. The van der Waals surface area contributed by atoms with E-state index in [1.165, 1.54) is 18.3 Å². The number of aliphatic carboxylic acids is 1. The molecule has 14 heteroatoms. The number of aromatic nitrogens is 4. The van der Waals surface area contributed by atoms with Crippen LogP contribution in [0.2, 0.25) is 0 Å². The summed E-state index contributed by atoms with van der Waals surface area (Å²) >= 11 is 3.99. The van der Waals surface area contributed by atoms with Crippen LogP contribution in [0.25, 0.3) is 11.2 Å². The summed E-state index contributed by atoms with van der Waals surface area (Å²) in [7, 11) is 0. The highest BCUT2D eigenvalue weighted by Gasteiger charge is 2.21. The molecule has 0 saturated heterocycles. The Labute approximate surface area is 204 Å². The third-order valence-corrected chi connectivity index (χ3v) is 5.03. The van der Waals surface area contributed by atoms with Crippen LogP contribution < -0.4 is 27.2 Å². The standard InChI is InChI=1S/C21H24N8O5S/c22-21-28-17-16(19(32)29-21)26-13(10-25-17)9-24-12-3-1-11(2-4-12)18(31)27-14(20(33)34)5-6-15(30)23-7-8-35/h1-4,10,14,24,35H,5-9H2,(H,23,30)(H,27,31)(H,33,34)(H3,22,25,28,29,32)/t14-/m1/s1.